The summed E-state index contributed by atoms with van der Waals surface area (Å²) in [6.07, 6.45) is 3.42. The van der Waals surface area contributed by atoms with Crippen LogP contribution in [0, 0.1) is 12.7 Å². The third-order valence-electron chi connectivity index (χ3n) is 7.08. The number of hydrogen-bond acceptors (Lipinski definition) is 7. The molecule has 9 nitrogen and oxygen atoms in total. The number of amides is 2. The number of carbonyl (C=O) groups is 3. The molecule has 0 radical (unpaired) electrons. The van der Waals surface area contributed by atoms with Crippen molar-refractivity contribution in [2.45, 2.75) is 51.6 Å². The predicted octanol–water partition coefficient (Wildman–Crippen LogP) is 4.79. The van der Waals surface area contributed by atoms with Gasteiger partial charge in [-0.2, -0.15) is 5.10 Å². The van der Waals surface area contributed by atoms with Gasteiger partial charge in [0.15, 0.2) is 5.78 Å². The maximum Gasteiger partial charge on any atom is 0.245 e. The zero-order chi connectivity index (χ0) is 29.5. The summed E-state index contributed by atoms with van der Waals surface area (Å²) < 4.78 is 15.3. The second-order valence-electron chi connectivity index (χ2n) is 10.4. The molecule has 5 rings (SSSR count). The number of hydrogen-bond donors (Lipinski definition) is 1. The van der Waals surface area contributed by atoms with Gasteiger partial charge < -0.3 is 10.2 Å². The Morgan fingerprint density at radius 1 is 1.15 bits per heavy atom. The van der Waals surface area contributed by atoms with E-state index in [1.54, 1.807) is 31.5 Å². The first-order valence-corrected chi connectivity index (χ1v) is 14.3. The number of fused-ring (bicyclic) bond motifs is 1. The van der Waals surface area contributed by atoms with Crippen molar-refractivity contribution in [3.63, 3.8) is 0 Å². The Hall–Kier alpha value is -3.83. The summed E-state index contributed by atoms with van der Waals surface area (Å²) in [6, 6.07) is 9.31. The highest BCUT2D eigenvalue weighted by atomic mass is 35.5. The molecule has 4 aromatic rings. The summed E-state index contributed by atoms with van der Waals surface area (Å²) in [5.41, 5.74) is 2.72. The van der Waals surface area contributed by atoms with Gasteiger partial charge in [0, 0.05) is 47.1 Å². The molecule has 0 aliphatic carbocycles. The summed E-state index contributed by atoms with van der Waals surface area (Å²) in [5.74, 6) is -0.599. The molecule has 41 heavy (non-hydrogen) atoms. The Labute approximate surface area is 245 Å². The van der Waals surface area contributed by atoms with Gasteiger partial charge in [0.2, 0.25) is 11.8 Å². The molecule has 1 saturated heterocycles. The van der Waals surface area contributed by atoms with Crippen molar-refractivity contribution < 1.29 is 18.8 Å². The van der Waals surface area contributed by atoms with Gasteiger partial charge in [-0.05, 0) is 44.5 Å². The molecule has 1 atom stereocenters. The number of aryl methyl sites for hydroxylation is 1. The van der Waals surface area contributed by atoms with Gasteiger partial charge in [-0.1, -0.05) is 29.8 Å². The van der Waals surface area contributed by atoms with Crippen LogP contribution in [0.3, 0.4) is 0 Å². The highest BCUT2D eigenvalue weighted by Gasteiger charge is 2.47. The van der Waals surface area contributed by atoms with E-state index >= 15 is 0 Å². The number of nitrogens with zero attached hydrogens (tertiary/aromatic N) is 5. The lowest BCUT2D eigenvalue weighted by Crippen LogP contribution is -2.53. The quantitative estimate of drug-likeness (QED) is 0.306. The van der Waals surface area contributed by atoms with Gasteiger partial charge in [0.25, 0.3) is 0 Å². The second kappa shape index (κ2) is 11.2. The Kier molecular flexibility index (Phi) is 7.85. The van der Waals surface area contributed by atoms with E-state index in [-0.39, 0.29) is 41.1 Å². The fourth-order valence-corrected chi connectivity index (χ4v) is 6.25. The minimum Gasteiger partial charge on any atom is -0.350 e. The number of nitrogens with one attached hydrogen (secondary N) is 1. The van der Waals surface area contributed by atoms with Gasteiger partial charge >= 0.3 is 0 Å². The van der Waals surface area contributed by atoms with Crippen LogP contribution in [0.25, 0.3) is 22.0 Å². The van der Waals surface area contributed by atoms with Gasteiger partial charge in [0.1, 0.15) is 29.9 Å². The fraction of sp³-hybridized carbons (Fsp3) is 0.310. The largest absolute Gasteiger partial charge is 0.350 e. The number of benzene rings is 2. The zero-order valence-corrected chi connectivity index (χ0v) is 24.5. The highest BCUT2D eigenvalue weighted by Crippen LogP contribution is 2.39. The molecule has 0 bridgehead atoms. The van der Waals surface area contributed by atoms with Crippen LogP contribution in [0.2, 0.25) is 5.02 Å². The van der Waals surface area contributed by atoms with Crippen molar-refractivity contribution in [3.8, 4) is 11.1 Å². The first-order chi connectivity index (χ1) is 19.5. The number of rotatable bonds is 7. The normalized spacial score (nSPS) is 16.2. The van der Waals surface area contributed by atoms with E-state index in [9.17, 15) is 18.8 Å². The summed E-state index contributed by atoms with van der Waals surface area (Å²) in [6.45, 7) is 6.78. The number of halogens is 2. The molecule has 3 heterocycles. The Morgan fingerprint density at radius 2 is 1.88 bits per heavy atom. The Morgan fingerprint density at radius 3 is 2.59 bits per heavy atom. The molecular weight excluding hydrogens is 567 g/mol. The van der Waals surface area contributed by atoms with Crippen molar-refractivity contribution in [2.75, 3.05) is 5.88 Å². The molecule has 12 heteroatoms. The lowest BCUT2D eigenvalue weighted by molar-refractivity contribution is -0.140. The van der Waals surface area contributed by atoms with E-state index < -0.39 is 22.5 Å². The van der Waals surface area contributed by atoms with Crippen molar-refractivity contribution in [2.24, 2.45) is 0 Å². The lowest BCUT2D eigenvalue weighted by atomic mass is 10.0. The molecule has 1 aliphatic heterocycles. The van der Waals surface area contributed by atoms with Gasteiger partial charge in [-0.3, -0.25) is 19.1 Å². The van der Waals surface area contributed by atoms with Crippen LogP contribution in [0.4, 0.5) is 4.39 Å². The molecule has 0 saturated carbocycles. The van der Waals surface area contributed by atoms with E-state index in [2.05, 4.69) is 20.4 Å². The minimum atomic E-state index is -0.801. The highest BCUT2D eigenvalue weighted by molar-refractivity contribution is 8.00. The molecule has 1 aliphatic rings. The van der Waals surface area contributed by atoms with Gasteiger partial charge in [-0.25, -0.2) is 14.4 Å². The van der Waals surface area contributed by atoms with Crippen LogP contribution in [0.5, 0.6) is 0 Å². The van der Waals surface area contributed by atoms with Crippen LogP contribution < -0.4 is 5.32 Å². The Balaban J connectivity index is 1.39. The minimum absolute atomic E-state index is 0.0268. The first kappa shape index (κ1) is 28.7. The number of ketones is 1. The number of thioether (sulfide) groups is 1. The second-order valence-corrected chi connectivity index (χ2v) is 12.4. The average molecular weight is 595 g/mol. The molecule has 1 unspecified atom stereocenters. The van der Waals surface area contributed by atoms with E-state index in [0.29, 0.717) is 22.6 Å². The Bertz CT molecular complexity index is 1670. The van der Waals surface area contributed by atoms with Gasteiger partial charge in [0.05, 0.1) is 16.4 Å². The van der Waals surface area contributed by atoms with Crippen molar-refractivity contribution in [1.82, 2.24) is 30.0 Å². The van der Waals surface area contributed by atoms with Crippen LogP contribution in [0.15, 0.2) is 48.8 Å². The molecule has 212 valence electrons. The standard InChI is InChI=1S/C29H28ClFN6O3S/c1-16(38)26-21-10-18(20-12-32-17(2)33-13-20)8-9-23(21)37(35-26)14-24(39)36-15-41-29(3,4)27(36)28(40)34-11-19-6-5-7-22(30)25(19)31/h5-10,12-13,27H,11,14-15H2,1-4H3,(H,34,40). The van der Waals surface area contributed by atoms with E-state index in [0.717, 1.165) is 11.1 Å². The molecule has 0 spiro atoms. The predicted molar refractivity (Wildman–Crippen MR) is 156 cm³/mol. The van der Waals surface area contributed by atoms with Crippen molar-refractivity contribution >= 4 is 51.9 Å². The van der Waals surface area contributed by atoms with Crippen molar-refractivity contribution in [1.29, 1.82) is 0 Å². The SMILES string of the molecule is CC(=O)c1nn(CC(=O)N2CSC(C)(C)C2C(=O)NCc2cccc(Cl)c2F)c2ccc(-c3cnc(C)nc3)cc12. The average Bonchev–Trinajstić information content (AvgIpc) is 3.46. The first-order valence-electron chi connectivity index (χ1n) is 12.9. The van der Waals surface area contributed by atoms with Gasteiger partial charge in [-0.15, -0.1) is 11.8 Å². The smallest absolute Gasteiger partial charge is 0.245 e. The van der Waals surface area contributed by atoms with Crippen LogP contribution in [0.1, 0.15) is 42.6 Å². The number of aromatic nitrogens is 4. The third kappa shape index (κ3) is 5.69. The van der Waals surface area contributed by atoms with Crippen molar-refractivity contribution in [3.05, 3.63) is 76.7 Å². The topological polar surface area (TPSA) is 110 Å². The van der Waals surface area contributed by atoms with Crippen LogP contribution in [-0.4, -0.2) is 58.9 Å². The molecule has 1 N–H and O–H groups in total. The molecule has 2 amide bonds. The fourth-order valence-electron chi connectivity index (χ4n) is 4.90. The molecule has 1 fully saturated rings. The summed E-state index contributed by atoms with van der Waals surface area (Å²) >= 11 is 7.35. The van der Waals surface area contributed by atoms with E-state index in [1.165, 1.54) is 34.3 Å². The lowest BCUT2D eigenvalue weighted by Gasteiger charge is -2.30. The molecular formula is C29H28ClFN6O3S. The monoisotopic (exact) mass is 594 g/mol. The van der Waals surface area contributed by atoms with E-state index in [1.807, 2.05) is 32.0 Å². The number of carbonyl (C=O) groups excluding carboxylic acids is 3. The van der Waals surface area contributed by atoms with Crippen LogP contribution >= 0.6 is 23.4 Å². The summed E-state index contributed by atoms with van der Waals surface area (Å²) in [5, 5.41) is 7.82. The van der Waals surface area contributed by atoms with E-state index in [4.69, 9.17) is 11.6 Å². The molecule has 2 aromatic carbocycles. The zero-order valence-electron chi connectivity index (χ0n) is 22.9. The third-order valence-corrected chi connectivity index (χ3v) is 8.75. The summed E-state index contributed by atoms with van der Waals surface area (Å²) in [7, 11) is 0. The maximum absolute atomic E-state index is 14.4. The molecule has 2 aromatic heterocycles. The summed E-state index contributed by atoms with van der Waals surface area (Å²) in [4.78, 5) is 49.4. The van der Waals surface area contributed by atoms with Crippen LogP contribution in [-0.2, 0) is 22.7 Å². The number of Topliss-reactive ketones (excluding diaryl/α,β-unsaturated/α-hetero) is 1. The maximum atomic E-state index is 14.4.